The highest BCUT2D eigenvalue weighted by atomic mass is 35.5. The number of fused-ring (bicyclic) bond motifs is 1. The van der Waals surface area contributed by atoms with E-state index < -0.39 is 5.91 Å². The van der Waals surface area contributed by atoms with E-state index in [9.17, 15) is 4.79 Å². The number of benzene rings is 3. The van der Waals surface area contributed by atoms with Gasteiger partial charge in [0.05, 0.1) is 6.54 Å². The Kier molecular flexibility index (Phi) is 6.25. The molecule has 0 radical (unpaired) electrons. The van der Waals surface area contributed by atoms with E-state index >= 15 is 0 Å². The highest BCUT2D eigenvalue weighted by molar-refractivity contribution is 6.36. The molecule has 0 atom stereocenters. The molecule has 1 amide bonds. The summed E-state index contributed by atoms with van der Waals surface area (Å²) in [5.41, 5.74) is 0.758. The summed E-state index contributed by atoms with van der Waals surface area (Å²) in [5, 5.41) is 10.3. The van der Waals surface area contributed by atoms with Gasteiger partial charge in [-0.3, -0.25) is 9.48 Å². The van der Waals surface area contributed by atoms with Gasteiger partial charge < -0.3 is 14.5 Å². The predicted molar refractivity (Wildman–Crippen MR) is 133 cm³/mol. The Morgan fingerprint density at radius 2 is 1.71 bits per heavy atom. The second-order valence-corrected chi connectivity index (χ2v) is 8.40. The van der Waals surface area contributed by atoms with Crippen LogP contribution < -0.4 is 10.1 Å². The van der Waals surface area contributed by atoms with E-state index in [1.54, 1.807) is 47.3 Å². The lowest BCUT2D eigenvalue weighted by atomic mass is 10.1. The van der Waals surface area contributed by atoms with Crippen molar-refractivity contribution < 1.29 is 13.9 Å². The number of carbonyl (C=O) groups excluding carboxylic acids is 1. The van der Waals surface area contributed by atoms with Gasteiger partial charge in [0.15, 0.2) is 11.6 Å². The molecule has 0 fully saturated rings. The second-order valence-electron chi connectivity index (χ2n) is 7.58. The van der Waals surface area contributed by atoms with Gasteiger partial charge >= 0.3 is 0 Å². The van der Waals surface area contributed by atoms with Crippen molar-refractivity contribution in [3.63, 3.8) is 0 Å². The van der Waals surface area contributed by atoms with Crippen molar-refractivity contribution in [3.05, 3.63) is 112 Å². The molecule has 0 spiro atoms. The van der Waals surface area contributed by atoms with Crippen LogP contribution in [0.4, 0.5) is 5.82 Å². The molecule has 0 unspecified atom stereocenters. The number of amides is 1. The van der Waals surface area contributed by atoms with Crippen molar-refractivity contribution in [1.29, 1.82) is 0 Å². The molecule has 0 bridgehead atoms. The van der Waals surface area contributed by atoms with Crippen molar-refractivity contribution >= 4 is 45.7 Å². The molecule has 34 heavy (non-hydrogen) atoms. The number of rotatable bonds is 7. The number of halogens is 2. The van der Waals surface area contributed by atoms with Gasteiger partial charge in [-0.15, -0.1) is 0 Å². The minimum Gasteiger partial charge on any atom is -0.485 e. The number of hydrogen-bond acceptors (Lipinski definition) is 4. The first-order chi connectivity index (χ1) is 16.6. The number of aromatic nitrogens is 2. The number of furan rings is 1. The Labute approximate surface area is 205 Å². The largest absolute Gasteiger partial charge is 0.485 e. The van der Waals surface area contributed by atoms with E-state index in [0.29, 0.717) is 28.2 Å². The van der Waals surface area contributed by atoms with E-state index in [1.165, 1.54) is 0 Å². The molecule has 5 rings (SSSR count). The Morgan fingerprint density at radius 1 is 0.941 bits per heavy atom. The average Bonchev–Trinajstić information content (AvgIpc) is 3.50. The number of anilines is 1. The van der Waals surface area contributed by atoms with Crippen LogP contribution in [0, 0.1) is 0 Å². The summed E-state index contributed by atoms with van der Waals surface area (Å²) in [6.45, 7) is 0.583. The molecule has 0 saturated carbocycles. The number of nitrogens with one attached hydrogen (secondary N) is 1. The van der Waals surface area contributed by atoms with Gasteiger partial charge in [0.25, 0.3) is 5.91 Å². The first-order valence-electron chi connectivity index (χ1n) is 10.5. The van der Waals surface area contributed by atoms with Crippen LogP contribution in [0.5, 0.6) is 5.75 Å². The third-order valence-electron chi connectivity index (χ3n) is 5.27. The van der Waals surface area contributed by atoms with Crippen LogP contribution in [-0.2, 0) is 13.2 Å². The maximum absolute atomic E-state index is 12.6. The van der Waals surface area contributed by atoms with Crippen LogP contribution >= 0.6 is 23.2 Å². The van der Waals surface area contributed by atoms with Gasteiger partial charge in [0.2, 0.25) is 0 Å². The summed E-state index contributed by atoms with van der Waals surface area (Å²) in [6, 6.07) is 24.2. The summed E-state index contributed by atoms with van der Waals surface area (Å²) >= 11 is 12.5. The minimum absolute atomic E-state index is 0.167. The zero-order valence-corrected chi connectivity index (χ0v) is 19.4. The summed E-state index contributed by atoms with van der Waals surface area (Å²) in [6.07, 6.45) is 1.74. The molecule has 1 N–H and O–H groups in total. The monoisotopic (exact) mass is 491 g/mol. The molecule has 5 aromatic rings. The first-order valence-corrected chi connectivity index (χ1v) is 11.3. The fraction of sp³-hybridized carbons (Fsp3) is 0.0769. The fourth-order valence-electron chi connectivity index (χ4n) is 3.59. The van der Waals surface area contributed by atoms with Gasteiger partial charge in [-0.2, -0.15) is 5.10 Å². The number of ether oxygens (including phenoxy) is 1. The lowest BCUT2D eigenvalue weighted by molar-refractivity contribution is 0.0992. The Bertz CT molecular complexity index is 1450. The SMILES string of the molecule is O=C(Nc1ccn(Cc2c(Cl)cccc2Cl)n1)c1ccc(COc2cccc3ccccc23)o1. The smallest absolute Gasteiger partial charge is 0.292 e. The van der Waals surface area contributed by atoms with Gasteiger partial charge in [0.1, 0.15) is 18.1 Å². The Morgan fingerprint density at radius 3 is 2.56 bits per heavy atom. The van der Waals surface area contributed by atoms with E-state index in [0.717, 1.165) is 22.1 Å². The molecule has 0 aliphatic rings. The third kappa shape index (κ3) is 4.78. The van der Waals surface area contributed by atoms with Gasteiger partial charge in [-0.25, -0.2) is 0 Å². The fourth-order valence-corrected chi connectivity index (χ4v) is 4.10. The summed E-state index contributed by atoms with van der Waals surface area (Å²) in [4.78, 5) is 12.6. The maximum atomic E-state index is 12.6. The number of nitrogens with zero attached hydrogens (tertiary/aromatic N) is 2. The van der Waals surface area contributed by atoms with Crippen LogP contribution in [0.2, 0.25) is 10.0 Å². The highest BCUT2D eigenvalue weighted by Gasteiger charge is 2.14. The van der Waals surface area contributed by atoms with Crippen LogP contribution in [-0.4, -0.2) is 15.7 Å². The second kappa shape index (κ2) is 9.63. The van der Waals surface area contributed by atoms with Crippen LogP contribution in [0.25, 0.3) is 10.8 Å². The van der Waals surface area contributed by atoms with Crippen molar-refractivity contribution in [2.45, 2.75) is 13.2 Å². The topological polar surface area (TPSA) is 69.3 Å². The molecule has 6 nitrogen and oxygen atoms in total. The summed E-state index contributed by atoms with van der Waals surface area (Å²) in [5.74, 6) is 1.44. The predicted octanol–water partition coefficient (Wildman–Crippen LogP) is 6.82. The quantitative estimate of drug-likeness (QED) is 0.271. The van der Waals surface area contributed by atoms with Gasteiger partial charge in [-0.05, 0) is 35.7 Å². The molecular formula is C26H19Cl2N3O3. The molecular weight excluding hydrogens is 473 g/mol. The standard InChI is InChI=1S/C26H19Cl2N3O3/c27-21-8-4-9-22(28)20(21)15-31-14-13-25(30-31)29-26(32)24-12-11-18(34-24)16-33-23-10-3-6-17-5-1-2-7-19(17)23/h1-14H,15-16H2,(H,29,30,32). The van der Waals surface area contributed by atoms with Crippen molar-refractivity contribution in [1.82, 2.24) is 9.78 Å². The number of hydrogen-bond donors (Lipinski definition) is 1. The molecule has 8 heteroatoms. The molecule has 2 aromatic heterocycles. The lowest BCUT2D eigenvalue weighted by Crippen LogP contribution is -2.12. The Balaban J connectivity index is 1.21. The molecule has 3 aromatic carbocycles. The molecule has 0 aliphatic heterocycles. The zero-order valence-electron chi connectivity index (χ0n) is 17.9. The van der Waals surface area contributed by atoms with E-state index in [-0.39, 0.29) is 12.4 Å². The molecule has 2 heterocycles. The summed E-state index contributed by atoms with van der Waals surface area (Å²) < 4.78 is 13.3. The van der Waals surface area contributed by atoms with Gasteiger partial charge in [0, 0.05) is 33.3 Å². The average molecular weight is 492 g/mol. The van der Waals surface area contributed by atoms with Crippen molar-refractivity contribution in [3.8, 4) is 5.75 Å². The Hall–Kier alpha value is -3.74. The normalized spacial score (nSPS) is 11.0. The maximum Gasteiger partial charge on any atom is 0.292 e. The molecule has 0 saturated heterocycles. The summed E-state index contributed by atoms with van der Waals surface area (Å²) in [7, 11) is 0. The number of carbonyl (C=O) groups is 1. The molecule has 0 aliphatic carbocycles. The highest BCUT2D eigenvalue weighted by Crippen LogP contribution is 2.27. The van der Waals surface area contributed by atoms with Crippen LogP contribution in [0.15, 0.2) is 89.5 Å². The minimum atomic E-state index is -0.405. The first kappa shape index (κ1) is 22.1. The van der Waals surface area contributed by atoms with Crippen molar-refractivity contribution in [2.75, 3.05) is 5.32 Å². The zero-order chi connectivity index (χ0) is 23.5. The van der Waals surface area contributed by atoms with E-state index in [4.69, 9.17) is 32.4 Å². The van der Waals surface area contributed by atoms with Gasteiger partial charge in [-0.1, -0.05) is 65.7 Å². The van der Waals surface area contributed by atoms with Crippen molar-refractivity contribution in [2.24, 2.45) is 0 Å². The molecule has 170 valence electrons. The van der Waals surface area contributed by atoms with E-state index in [2.05, 4.69) is 10.4 Å². The van der Waals surface area contributed by atoms with E-state index in [1.807, 2.05) is 42.5 Å². The van der Waals surface area contributed by atoms with Crippen LogP contribution in [0.3, 0.4) is 0 Å². The lowest BCUT2D eigenvalue weighted by Gasteiger charge is -2.08. The van der Waals surface area contributed by atoms with Crippen LogP contribution in [0.1, 0.15) is 21.9 Å². The third-order valence-corrected chi connectivity index (χ3v) is 5.98.